The molecule has 2 rings (SSSR count). The van der Waals surface area contributed by atoms with Gasteiger partial charge in [-0.2, -0.15) is 0 Å². The molecule has 2 fully saturated rings. The van der Waals surface area contributed by atoms with Crippen molar-refractivity contribution in [3.05, 3.63) is 13.2 Å². The van der Waals surface area contributed by atoms with Gasteiger partial charge in [-0.1, -0.05) is 33.6 Å². The van der Waals surface area contributed by atoms with Crippen molar-refractivity contribution >= 4 is 0 Å². The van der Waals surface area contributed by atoms with Crippen LogP contribution in [-0.4, -0.2) is 25.2 Å². The molecule has 1 saturated heterocycles. The van der Waals surface area contributed by atoms with Gasteiger partial charge in [0.2, 0.25) is 0 Å². The summed E-state index contributed by atoms with van der Waals surface area (Å²) in [5, 5.41) is 7.33. The molecule has 2 unspecified atom stereocenters. The number of piperidine rings is 1. The lowest BCUT2D eigenvalue weighted by Crippen LogP contribution is -2.50. The molecule has 1 aliphatic carbocycles. The Hall–Kier alpha value is -0.340. The van der Waals surface area contributed by atoms with Crippen molar-refractivity contribution in [1.29, 1.82) is 0 Å². The first-order valence-corrected chi connectivity index (χ1v) is 6.83. The smallest absolute Gasteiger partial charge is 0.0119 e. The molecule has 0 aromatic rings. The molecule has 1 heterocycles. The monoisotopic (exact) mass is 240 g/mol. The van der Waals surface area contributed by atoms with E-state index in [0.717, 1.165) is 18.0 Å². The average Bonchev–Trinajstić information content (AvgIpc) is 2.36. The van der Waals surface area contributed by atoms with Crippen LogP contribution in [0.15, 0.2) is 13.2 Å². The first-order chi connectivity index (χ1) is 7.86. The maximum absolute atomic E-state index is 3.87. The fraction of sp³-hybridized carbons (Fsp3) is 0.867. The molecule has 102 valence electrons. The van der Waals surface area contributed by atoms with Gasteiger partial charge in [0, 0.05) is 12.1 Å². The number of hydrogen-bond acceptors (Lipinski definition) is 2. The van der Waals surface area contributed by atoms with E-state index in [2.05, 4.69) is 30.7 Å². The quantitative estimate of drug-likeness (QED) is 0.723. The average molecular weight is 240 g/mol. The second kappa shape index (κ2) is 9.67. The summed E-state index contributed by atoms with van der Waals surface area (Å²) in [6.45, 7) is 10.8. The molecule has 0 aromatic heterocycles. The topological polar surface area (TPSA) is 24.1 Å². The largest absolute Gasteiger partial charge is 0.316 e. The fourth-order valence-electron chi connectivity index (χ4n) is 2.83. The van der Waals surface area contributed by atoms with Gasteiger partial charge in [0.15, 0.2) is 0 Å². The van der Waals surface area contributed by atoms with Crippen molar-refractivity contribution in [3.8, 4) is 0 Å². The maximum Gasteiger partial charge on any atom is 0.0119 e. The molecule has 0 bridgehead atoms. The first kappa shape index (κ1) is 16.7. The SMILES string of the molecule is C.C=C.CC1CNCCC1NC1CCCCC1. The number of nitrogens with one attached hydrogen (secondary N) is 2. The van der Waals surface area contributed by atoms with Gasteiger partial charge in [-0.25, -0.2) is 0 Å². The Bertz CT molecular complexity index is 176. The molecule has 2 heteroatoms. The van der Waals surface area contributed by atoms with Crippen LogP contribution in [0.2, 0.25) is 0 Å². The molecule has 2 aliphatic rings. The number of rotatable bonds is 2. The summed E-state index contributed by atoms with van der Waals surface area (Å²) >= 11 is 0. The highest BCUT2D eigenvalue weighted by Gasteiger charge is 2.24. The van der Waals surface area contributed by atoms with Crippen molar-refractivity contribution in [3.63, 3.8) is 0 Å². The lowest BCUT2D eigenvalue weighted by Gasteiger charge is -2.35. The van der Waals surface area contributed by atoms with Crippen LogP contribution in [0.5, 0.6) is 0 Å². The summed E-state index contributed by atoms with van der Waals surface area (Å²) in [6, 6.07) is 1.61. The van der Waals surface area contributed by atoms with E-state index in [-0.39, 0.29) is 7.43 Å². The van der Waals surface area contributed by atoms with Gasteiger partial charge in [-0.15, -0.1) is 13.2 Å². The summed E-state index contributed by atoms with van der Waals surface area (Å²) in [4.78, 5) is 0. The van der Waals surface area contributed by atoms with Crippen molar-refractivity contribution in [2.24, 2.45) is 5.92 Å². The van der Waals surface area contributed by atoms with E-state index in [0.29, 0.717) is 0 Å². The van der Waals surface area contributed by atoms with Crippen LogP contribution in [0, 0.1) is 5.92 Å². The van der Waals surface area contributed by atoms with Crippen molar-refractivity contribution in [2.45, 2.75) is 65.0 Å². The zero-order chi connectivity index (χ0) is 11.8. The van der Waals surface area contributed by atoms with E-state index < -0.39 is 0 Å². The van der Waals surface area contributed by atoms with E-state index in [1.165, 1.54) is 51.6 Å². The Morgan fingerprint density at radius 1 is 1.06 bits per heavy atom. The Balaban J connectivity index is 0.000000811. The third-order valence-electron chi connectivity index (χ3n) is 3.84. The lowest BCUT2D eigenvalue weighted by atomic mass is 9.90. The Morgan fingerprint density at radius 2 is 1.71 bits per heavy atom. The Kier molecular flexibility index (Phi) is 9.47. The molecule has 2 N–H and O–H groups in total. The van der Waals surface area contributed by atoms with Crippen LogP contribution < -0.4 is 10.6 Å². The molecule has 0 radical (unpaired) electrons. The third-order valence-corrected chi connectivity index (χ3v) is 3.84. The third kappa shape index (κ3) is 5.69. The molecule has 0 spiro atoms. The molecule has 2 atom stereocenters. The lowest BCUT2D eigenvalue weighted by molar-refractivity contribution is 0.246. The minimum Gasteiger partial charge on any atom is -0.316 e. The highest BCUT2D eigenvalue weighted by atomic mass is 15.0. The predicted octanol–water partition coefficient (Wildman–Crippen LogP) is 3.35. The molecular weight excluding hydrogens is 208 g/mol. The van der Waals surface area contributed by atoms with Crippen LogP contribution in [0.1, 0.15) is 52.9 Å². The highest BCUT2D eigenvalue weighted by Crippen LogP contribution is 2.20. The maximum atomic E-state index is 3.87. The predicted molar refractivity (Wildman–Crippen MR) is 78.4 cm³/mol. The molecular formula is C15H32N2. The van der Waals surface area contributed by atoms with Crippen molar-refractivity contribution in [1.82, 2.24) is 10.6 Å². The first-order valence-electron chi connectivity index (χ1n) is 6.83. The van der Waals surface area contributed by atoms with Gasteiger partial charge in [0.1, 0.15) is 0 Å². The van der Waals surface area contributed by atoms with Crippen LogP contribution in [0.25, 0.3) is 0 Å². The van der Waals surface area contributed by atoms with Gasteiger partial charge in [0.05, 0.1) is 0 Å². The summed E-state index contributed by atoms with van der Waals surface area (Å²) in [6.07, 6.45) is 8.49. The van der Waals surface area contributed by atoms with E-state index in [1.54, 1.807) is 0 Å². The van der Waals surface area contributed by atoms with Gasteiger partial charge in [-0.3, -0.25) is 0 Å². The number of hydrogen-bond donors (Lipinski definition) is 2. The molecule has 17 heavy (non-hydrogen) atoms. The summed E-state index contributed by atoms with van der Waals surface area (Å²) in [7, 11) is 0. The zero-order valence-corrected chi connectivity index (χ0v) is 10.8. The Labute approximate surface area is 108 Å². The normalized spacial score (nSPS) is 29.7. The minimum absolute atomic E-state index is 0. The van der Waals surface area contributed by atoms with E-state index in [9.17, 15) is 0 Å². The summed E-state index contributed by atoms with van der Waals surface area (Å²) < 4.78 is 0. The van der Waals surface area contributed by atoms with E-state index in [1.807, 2.05) is 0 Å². The molecule has 0 aromatic carbocycles. The van der Waals surface area contributed by atoms with E-state index >= 15 is 0 Å². The Morgan fingerprint density at radius 3 is 2.29 bits per heavy atom. The summed E-state index contributed by atoms with van der Waals surface area (Å²) in [5.74, 6) is 0.811. The molecule has 1 saturated carbocycles. The second-order valence-corrected chi connectivity index (χ2v) is 5.08. The van der Waals surface area contributed by atoms with Crippen molar-refractivity contribution in [2.75, 3.05) is 13.1 Å². The van der Waals surface area contributed by atoms with E-state index in [4.69, 9.17) is 0 Å². The standard InChI is InChI=1S/C12H24N2.C2H4.CH4/c1-10-9-13-8-7-12(10)14-11-5-3-2-4-6-11;1-2;/h10-14H,2-9H2,1H3;1-2H2;1H4. The van der Waals surface area contributed by atoms with Gasteiger partial charge in [-0.05, 0) is 38.3 Å². The molecule has 1 aliphatic heterocycles. The van der Waals surface area contributed by atoms with Crippen LogP contribution in [0.4, 0.5) is 0 Å². The summed E-state index contributed by atoms with van der Waals surface area (Å²) in [5.41, 5.74) is 0. The van der Waals surface area contributed by atoms with Gasteiger partial charge < -0.3 is 10.6 Å². The zero-order valence-electron chi connectivity index (χ0n) is 10.8. The van der Waals surface area contributed by atoms with Crippen LogP contribution in [-0.2, 0) is 0 Å². The fourth-order valence-corrected chi connectivity index (χ4v) is 2.83. The van der Waals surface area contributed by atoms with Crippen LogP contribution >= 0.6 is 0 Å². The van der Waals surface area contributed by atoms with Crippen molar-refractivity contribution < 1.29 is 0 Å². The highest BCUT2D eigenvalue weighted by molar-refractivity contribution is 4.84. The van der Waals surface area contributed by atoms with Crippen LogP contribution in [0.3, 0.4) is 0 Å². The molecule has 2 nitrogen and oxygen atoms in total. The second-order valence-electron chi connectivity index (χ2n) is 5.08. The van der Waals surface area contributed by atoms with Gasteiger partial charge in [0.25, 0.3) is 0 Å². The van der Waals surface area contributed by atoms with Gasteiger partial charge >= 0.3 is 0 Å². The minimum atomic E-state index is 0. The molecule has 0 amide bonds.